The summed E-state index contributed by atoms with van der Waals surface area (Å²) in [6.07, 6.45) is 9.02. The maximum atomic E-state index is 11.9. The van der Waals surface area contributed by atoms with Crippen molar-refractivity contribution in [2.75, 3.05) is 0 Å². The van der Waals surface area contributed by atoms with E-state index in [-0.39, 0.29) is 5.92 Å². The molecule has 0 spiro atoms. The van der Waals surface area contributed by atoms with Gasteiger partial charge in [0.2, 0.25) is 0 Å². The first-order valence-corrected chi connectivity index (χ1v) is 6.96. The standard InChI is InChI=1S/C16H13N3O2/c20-15(10-1-2-10)5-13-3-11-4-14(16-8-17-9-21-16)19-7-12(11)6-18-13/h3-4,6-10H,1-2,5H2. The molecule has 5 nitrogen and oxygen atoms in total. The van der Waals surface area contributed by atoms with Crippen molar-refractivity contribution in [3.63, 3.8) is 0 Å². The Balaban J connectivity index is 1.69. The second-order valence-corrected chi connectivity index (χ2v) is 5.38. The van der Waals surface area contributed by atoms with E-state index in [4.69, 9.17) is 4.42 Å². The van der Waals surface area contributed by atoms with E-state index in [1.807, 2.05) is 12.1 Å². The highest BCUT2D eigenvalue weighted by atomic mass is 16.3. The monoisotopic (exact) mass is 279 g/mol. The van der Waals surface area contributed by atoms with Crippen molar-refractivity contribution in [2.45, 2.75) is 19.3 Å². The second kappa shape index (κ2) is 4.77. The van der Waals surface area contributed by atoms with Crippen LogP contribution in [0.1, 0.15) is 18.5 Å². The summed E-state index contributed by atoms with van der Waals surface area (Å²) in [6, 6.07) is 3.89. The summed E-state index contributed by atoms with van der Waals surface area (Å²) in [5.41, 5.74) is 1.54. The first-order chi connectivity index (χ1) is 10.3. The number of hydrogen-bond donors (Lipinski definition) is 0. The van der Waals surface area contributed by atoms with Gasteiger partial charge in [-0.3, -0.25) is 14.8 Å². The number of rotatable bonds is 4. The SMILES string of the molecule is O=C(Cc1cc2cc(-c3cnco3)ncc2cn1)C1CC1. The Morgan fingerprint density at radius 2 is 2.00 bits per heavy atom. The third kappa shape index (κ3) is 2.42. The molecule has 0 aromatic carbocycles. The van der Waals surface area contributed by atoms with Gasteiger partial charge in [-0.05, 0) is 30.4 Å². The Hall–Kier alpha value is -2.56. The molecule has 3 aromatic rings. The van der Waals surface area contributed by atoms with Crippen LogP contribution in [0.4, 0.5) is 0 Å². The lowest BCUT2D eigenvalue weighted by Crippen LogP contribution is -2.06. The summed E-state index contributed by atoms with van der Waals surface area (Å²) in [5.74, 6) is 1.19. The van der Waals surface area contributed by atoms with Gasteiger partial charge in [0.15, 0.2) is 12.2 Å². The van der Waals surface area contributed by atoms with E-state index < -0.39 is 0 Å². The highest BCUT2D eigenvalue weighted by Crippen LogP contribution is 2.31. The molecule has 0 radical (unpaired) electrons. The molecule has 0 atom stereocenters. The highest BCUT2D eigenvalue weighted by molar-refractivity contribution is 5.87. The fourth-order valence-electron chi connectivity index (χ4n) is 2.39. The Morgan fingerprint density at radius 3 is 2.76 bits per heavy atom. The van der Waals surface area contributed by atoms with Gasteiger partial charge in [0.1, 0.15) is 11.5 Å². The number of carbonyl (C=O) groups excluding carboxylic acids is 1. The number of fused-ring (bicyclic) bond motifs is 1. The first kappa shape index (κ1) is 12.2. The van der Waals surface area contributed by atoms with Gasteiger partial charge in [-0.15, -0.1) is 0 Å². The zero-order chi connectivity index (χ0) is 14.2. The lowest BCUT2D eigenvalue weighted by Gasteiger charge is -2.03. The van der Waals surface area contributed by atoms with Gasteiger partial charge in [0.05, 0.1) is 6.20 Å². The van der Waals surface area contributed by atoms with Crippen LogP contribution >= 0.6 is 0 Å². The summed E-state index contributed by atoms with van der Waals surface area (Å²) in [6.45, 7) is 0. The van der Waals surface area contributed by atoms with Crippen molar-refractivity contribution >= 4 is 16.6 Å². The molecule has 0 saturated heterocycles. The van der Waals surface area contributed by atoms with Crippen molar-refractivity contribution in [3.8, 4) is 11.5 Å². The van der Waals surface area contributed by atoms with Gasteiger partial charge in [0, 0.05) is 35.8 Å². The summed E-state index contributed by atoms with van der Waals surface area (Å²) >= 11 is 0. The highest BCUT2D eigenvalue weighted by Gasteiger charge is 2.29. The van der Waals surface area contributed by atoms with Gasteiger partial charge < -0.3 is 4.42 Å². The molecule has 5 heteroatoms. The Bertz CT molecular complexity index is 808. The van der Waals surface area contributed by atoms with E-state index in [0.29, 0.717) is 18.0 Å². The third-order valence-corrected chi connectivity index (χ3v) is 3.73. The number of Topliss-reactive ketones (excluding diaryl/α,β-unsaturated/α-hetero) is 1. The van der Waals surface area contributed by atoms with Crippen LogP contribution in [0, 0.1) is 5.92 Å². The van der Waals surface area contributed by atoms with Gasteiger partial charge in [-0.25, -0.2) is 4.98 Å². The van der Waals surface area contributed by atoms with Gasteiger partial charge in [-0.1, -0.05) is 0 Å². The van der Waals surface area contributed by atoms with Crippen LogP contribution in [-0.4, -0.2) is 20.7 Å². The molecule has 1 saturated carbocycles. The van der Waals surface area contributed by atoms with Gasteiger partial charge >= 0.3 is 0 Å². The molecular formula is C16H13N3O2. The number of hydrogen-bond acceptors (Lipinski definition) is 5. The smallest absolute Gasteiger partial charge is 0.181 e. The predicted molar refractivity (Wildman–Crippen MR) is 76.5 cm³/mol. The minimum Gasteiger partial charge on any atom is -0.442 e. The molecular weight excluding hydrogens is 266 g/mol. The van der Waals surface area contributed by atoms with Crippen LogP contribution in [0.25, 0.3) is 22.2 Å². The average molecular weight is 279 g/mol. The molecule has 104 valence electrons. The van der Waals surface area contributed by atoms with Gasteiger partial charge in [-0.2, -0.15) is 0 Å². The van der Waals surface area contributed by atoms with Gasteiger partial charge in [0.25, 0.3) is 0 Å². The third-order valence-electron chi connectivity index (χ3n) is 3.73. The van der Waals surface area contributed by atoms with Crippen LogP contribution in [0.2, 0.25) is 0 Å². The minimum atomic E-state index is 0.268. The van der Waals surface area contributed by atoms with E-state index >= 15 is 0 Å². The average Bonchev–Trinajstić information content (AvgIpc) is 3.22. The first-order valence-electron chi connectivity index (χ1n) is 6.96. The van der Waals surface area contributed by atoms with E-state index in [1.165, 1.54) is 6.39 Å². The molecule has 0 N–H and O–H groups in total. The molecule has 0 amide bonds. The summed E-state index contributed by atoms with van der Waals surface area (Å²) < 4.78 is 5.26. The molecule has 0 aliphatic heterocycles. The van der Waals surface area contributed by atoms with Crippen LogP contribution in [0.15, 0.2) is 41.5 Å². The van der Waals surface area contributed by atoms with Crippen molar-refractivity contribution in [1.82, 2.24) is 15.0 Å². The molecule has 21 heavy (non-hydrogen) atoms. The number of aromatic nitrogens is 3. The zero-order valence-electron chi connectivity index (χ0n) is 11.3. The largest absolute Gasteiger partial charge is 0.442 e. The maximum absolute atomic E-state index is 11.9. The van der Waals surface area contributed by atoms with E-state index in [0.717, 1.165) is 35.0 Å². The summed E-state index contributed by atoms with van der Waals surface area (Å²) in [4.78, 5) is 24.5. The van der Waals surface area contributed by atoms with E-state index in [9.17, 15) is 4.79 Å². The number of nitrogens with zero attached hydrogens (tertiary/aromatic N) is 3. The van der Waals surface area contributed by atoms with Crippen molar-refractivity contribution in [3.05, 3.63) is 42.8 Å². The predicted octanol–water partition coefficient (Wildman–Crippen LogP) is 2.81. The molecule has 1 aliphatic carbocycles. The van der Waals surface area contributed by atoms with Crippen LogP contribution < -0.4 is 0 Å². The molecule has 3 aromatic heterocycles. The Morgan fingerprint density at radius 1 is 1.14 bits per heavy atom. The molecule has 1 aliphatic rings. The van der Waals surface area contributed by atoms with Crippen molar-refractivity contribution in [2.24, 2.45) is 5.92 Å². The molecule has 0 bridgehead atoms. The molecule has 0 unspecified atom stereocenters. The number of ketones is 1. The molecule has 1 fully saturated rings. The Kier molecular flexibility index (Phi) is 2.77. The normalized spacial score (nSPS) is 14.5. The minimum absolute atomic E-state index is 0.268. The van der Waals surface area contributed by atoms with Crippen molar-refractivity contribution < 1.29 is 9.21 Å². The van der Waals surface area contributed by atoms with Crippen LogP contribution in [0.5, 0.6) is 0 Å². The maximum Gasteiger partial charge on any atom is 0.181 e. The Labute approximate surface area is 121 Å². The fraction of sp³-hybridized carbons (Fsp3) is 0.250. The second-order valence-electron chi connectivity index (χ2n) is 5.38. The molecule has 4 rings (SSSR count). The summed E-state index contributed by atoms with van der Waals surface area (Å²) in [7, 11) is 0. The van der Waals surface area contributed by atoms with Crippen LogP contribution in [0.3, 0.4) is 0 Å². The number of carbonyl (C=O) groups is 1. The quantitative estimate of drug-likeness (QED) is 0.734. The molecule has 3 heterocycles. The van der Waals surface area contributed by atoms with Crippen molar-refractivity contribution in [1.29, 1.82) is 0 Å². The summed E-state index contributed by atoms with van der Waals surface area (Å²) in [5, 5.41) is 1.95. The van der Waals surface area contributed by atoms with Crippen LogP contribution in [-0.2, 0) is 11.2 Å². The zero-order valence-corrected chi connectivity index (χ0v) is 11.3. The van der Waals surface area contributed by atoms with E-state index in [2.05, 4.69) is 15.0 Å². The fourth-order valence-corrected chi connectivity index (χ4v) is 2.39. The van der Waals surface area contributed by atoms with E-state index in [1.54, 1.807) is 18.6 Å². The topological polar surface area (TPSA) is 68.9 Å². The lowest BCUT2D eigenvalue weighted by molar-refractivity contribution is -0.119. The number of oxazole rings is 1. The number of pyridine rings is 2. The lowest BCUT2D eigenvalue weighted by atomic mass is 10.1.